The van der Waals surface area contributed by atoms with Crippen molar-refractivity contribution in [3.63, 3.8) is 0 Å². The minimum atomic E-state index is 0.913. The van der Waals surface area contributed by atoms with Crippen molar-refractivity contribution >= 4 is 10.8 Å². The number of fused-ring (bicyclic) bond motifs is 1. The maximum absolute atomic E-state index is 5.15. The Morgan fingerprint density at radius 3 is 2.20 bits per heavy atom. The van der Waals surface area contributed by atoms with Crippen LogP contribution in [0.15, 0.2) is 49.6 Å². The number of rotatable bonds is 1. The Balaban J connectivity index is 0.000000531. The van der Waals surface area contributed by atoms with E-state index >= 15 is 0 Å². The molecule has 1 nitrogen and oxygen atoms in total. The molecule has 0 aliphatic rings. The molecule has 0 aliphatic heterocycles. The first-order valence-corrected chi connectivity index (χ1v) is 4.84. The quantitative estimate of drug-likeness (QED) is 0.633. The molecule has 2 aromatic rings. The van der Waals surface area contributed by atoms with Gasteiger partial charge in [-0.3, -0.25) is 0 Å². The van der Waals surface area contributed by atoms with E-state index in [2.05, 4.69) is 50.4 Å². The molecule has 0 heterocycles. The van der Waals surface area contributed by atoms with Crippen LogP contribution in [0.3, 0.4) is 0 Å². The normalized spacial score (nSPS) is 9.20. The summed E-state index contributed by atoms with van der Waals surface area (Å²) in [6.45, 7) is 8.10. The van der Waals surface area contributed by atoms with E-state index in [9.17, 15) is 0 Å². The summed E-state index contributed by atoms with van der Waals surface area (Å²) < 4.78 is 5.15. The molecule has 0 radical (unpaired) electrons. The SMILES string of the molecule is C=C.COc1ccc2cc(C)ccc2c1. The molecule has 0 saturated carbocycles. The summed E-state index contributed by atoms with van der Waals surface area (Å²) in [5.74, 6) is 0.913. The zero-order valence-corrected chi connectivity index (χ0v) is 9.29. The summed E-state index contributed by atoms with van der Waals surface area (Å²) in [6, 6.07) is 12.5. The smallest absolute Gasteiger partial charge is 0.119 e. The molecule has 0 bridgehead atoms. The second-order valence-electron chi connectivity index (χ2n) is 3.22. The summed E-state index contributed by atoms with van der Waals surface area (Å²) in [6.07, 6.45) is 0. The van der Waals surface area contributed by atoms with Gasteiger partial charge < -0.3 is 4.74 Å². The molecule has 0 unspecified atom stereocenters. The third kappa shape index (κ3) is 2.59. The minimum absolute atomic E-state index is 0.913. The molecule has 2 rings (SSSR count). The molecule has 15 heavy (non-hydrogen) atoms. The first-order chi connectivity index (χ1) is 7.29. The molecule has 0 aliphatic carbocycles. The predicted molar refractivity (Wildman–Crippen MR) is 66.5 cm³/mol. The molecule has 2 aromatic carbocycles. The summed E-state index contributed by atoms with van der Waals surface area (Å²) in [7, 11) is 1.69. The molecule has 78 valence electrons. The van der Waals surface area contributed by atoms with Gasteiger partial charge in [-0.15, -0.1) is 13.2 Å². The number of ether oxygens (including phenoxy) is 1. The first-order valence-electron chi connectivity index (χ1n) is 4.84. The van der Waals surface area contributed by atoms with Gasteiger partial charge in [-0.1, -0.05) is 29.8 Å². The van der Waals surface area contributed by atoms with Gasteiger partial charge in [-0.25, -0.2) is 0 Å². The first kappa shape index (κ1) is 11.3. The molecule has 0 saturated heterocycles. The monoisotopic (exact) mass is 200 g/mol. The zero-order chi connectivity index (χ0) is 11.3. The topological polar surface area (TPSA) is 9.23 Å². The number of methoxy groups -OCH3 is 1. The molecule has 0 atom stereocenters. The highest BCUT2D eigenvalue weighted by Crippen LogP contribution is 2.21. The number of hydrogen-bond acceptors (Lipinski definition) is 1. The van der Waals surface area contributed by atoms with E-state index in [0.29, 0.717) is 0 Å². The Kier molecular flexibility index (Phi) is 3.92. The fourth-order valence-corrected chi connectivity index (χ4v) is 1.47. The lowest BCUT2D eigenvalue weighted by Gasteiger charge is -2.02. The van der Waals surface area contributed by atoms with Crippen LogP contribution in [-0.2, 0) is 0 Å². The van der Waals surface area contributed by atoms with E-state index in [4.69, 9.17) is 4.74 Å². The van der Waals surface area contributed by atoms with Crippen molar-refractivity contribution in [2.75, 3.05) is 7.11 Å². The van der Waals surface area contributed by atoms with Gasteiger partial charge in [0.05, 0.1) is 7.11 Å². The fourth-order valence-electron chi connectivity index (χ4n) is 1.47. The standard InChI is InChI=1S/C12H12O.C2H4/c1-9-3-4-11-8-12(13-2)6-5-10(11)7-9;1-2/h3-8H,1-2H3;1-2H2. The third-order valence-corrected chi connectivity index (χ3v) is 2.20. The van der Waals surface area contributed by atoms with Gasteiger partial charge in [0, 0.05) is 0 Å². The zero-order valence-electron chi connectivity index (χ0n) is 9.29. The van der Waals surface area contributed by atoms with Gasteiger partial charge in [-0.05, 0) is 29.8 Å². The van der Waals surface area contributed by atoms with Crippen molar-refractivity contribution in [3.05, 3.63) is 55.1 Å². The molecular weight excluding hydrogens is 184 g/mol. The van der Waals surface area contributed by atoms with Crippen LogP contribution in [0.5, 0.6) is 5.75 Å². The van der Waals surface area contributed by atoms with Crippen LogP contribution in [0.2, 0.25) is 0 Å². The summed E-state index contributed by atoms with van der Waals surface area (Å²) in [5.41, 5.74) is 1.29. The molecule has 1 heteroatoms. The number of benzene rings is 2. The summed E-state index contributed by atoms with van der Waals surface area (Å²) in [4.78, 5) is 0. The third-order valence-electron chi connectivity index (χ3n) is 2.20. The van der Waals surface area contributed by atoms with Gasteiger partial charge in [0.15, 0.2) is 0 Å². The van der Waals surface area contributed by atoms with Gasteiger partial charge in [0.1, 0.15) is 5.75 Å². The van der Waals surface area contributed by atoms with Crippen molar-refractivity contribution in [2.45, 2.75) is 6.92 Å². The maximum Gasteiger partial charge on any atom is 0.119 e. The van der Waals surface area contributed by atoms with Crippen LogP contribution in [0, 0.1) is 6.92 Å². The lowest BCUT2D eigenvalue weighted by atomic mass is 10.1. The Bertz CT molecular complexity index is 446. The van der Waals surface area contributed by atoms with Crippen molar-refractivity contribution in [3.8, 4) is 5.75 Å². The molecule has 0 N–H and O–H groups in total. The van der Waals surface area contributed by atoms with Gasteiger partial charge in [-0.2, -0.15) is 0 Å². The molecule has 0 fully saturated rings. The molecular formula is C14H16O. The second-order valence-corrected chi connectivity index (χ2v) is 3.22. The highest BCUT2D eigenvalue weighted by atomic mass is 16.5. The lowest BCUT2D eigenvalue weighted by molar-refractivity contribution is 0.415. The van der Waals surface area contributed by atoms with E-state index in [1.165, 1.54) is 16.3 Å². The van der Waals surface area contributed by atoms with Gasteiger partial charge >= 0.3 is 0 Å². The second kappa shape index (κ2) is 5.20. The van der Waals surface area contributed by atoms with E-state index in [-0.39, 0.29) is 0 Å². The highest BCUT2D eigenvalue weighted by molar-refractivity contribution is 5.84. The van der Waals surface area contributed by atoms with Crippen LogP contribution in [-0.4, -0.2) is 7.11 Å². The van der Waals surface area contributed by atoms with Crippen molar-refractivity contribution in [1.82, 2.24) is 0 Å². The summed E-state index contributed by atoms with van der Waals surface area (Å²) >= 11 is 0. The van der Waals surface area contributed by atoms with E-state index < -0.39 is 0 Å². The fraction of sp³-hybridized carbons (Fsp3) is 0.143. The molecule has 0 amide bonds. The molecule has 0 spiro atoms. The number of aryl methyl sites for hydroxylation is 1. The van der Waals surface area contributed by atoms with Crippen LogP contribution in [0.1, 0.15) is 5.56 Å². The largest absolute Gasteiger partial charge is 0.497 e. The van der Waals surface area contributed by atoms with Crippen LogP contribution < -0.4 is 4.74 Å². The lowest BCUT2D eigenvalue weighted by Crippen LogP contribution is -1.82. The number of hydrogen-bond donors (Lipinski definition) is 0. The van der Waals surface area contributed by atoms with Crippen molar-refractivity contribution < 1.29 is 4.74 Å². The van der Waals surface area contributed by atoms with E-state index in [0.717, 1.165) is 5.75 Å². The summed E-state index contributed by atoms with van der Waals surface area (Å²) in [5, 5.41) is 2.49. The maximum atomic E-state index is 5.15. The Morgan fingerprint density at radius 1 is 0.933 bits per heavy atom. The van der Waals surface area contributed by atoms with Crippen molar-refractivity contribution in [2.24, 2.45) is 0 Å². The van der Waals surface area contributed by atoms with Crippen LogP contribution in [0.25, 0.3) is 10.8 Å². The minimum Gasteiger partial charge on any atom is -0.497 e. The van der Waals surface area contributed by atoms with Crippen LogP contribution >= 0.6 is 0 Å². The van der Waals surface area contributed by atoms with E-state index in [1.807, 2.05) is 6.07 Å². The highest BCUT2D eigenvalue weighted by Gasteiger charge is 1.95. The van der Waals surface area contributed by atoms with E-state index in [1.54, 1.807) is 7.11 Å². The Labute approximate surface area is 91.0 Å². The van der Waals surface area contributed by atoms with Crippen molar-refractivity contribution in [1.29, 1.82) is 0 Å². The Hall–Kier alpha value is -1.76. The average molecular weight is 200 g/mol. The predicted octanol–water partition coefficient (Wildman–Crippen LogP) is 3.96. The average Bonchev–Trinajstić information content (AvgIpc) is 2.31. The Morgan fingerprint density at radius 2 is 1.53 bits per heavy atom. The van der Waals surface area contributed by atoms with Crippen LogP contribution in [0.4, 0.5) is 0 Å². The van der Waals surface area contributed by atoms with Gasteiger partial charge in [0.2, 0.25) is 0 Å². The van der Waals surface area contributed by atoms with Gasteiger partial charge in [0.25, 0.3) is 0 Å². The molecule has 0 aromatic heterocycles.